The van der Waals surface area contributed by atoms with Crippen molar-refractivity contribution in [3.63, 3.8) is 0 Å². The Labute approximate surface area is 87.7 Å². The SMILES string of the molecule is NCc1cccc2cccc(C(N)=O)c12. The second-order valence-electron chi connectivity index (χ2n) is 3.39. The first-order chi connectivity index (χ1) is 7.24. The molecule has 2 aromatic carbocycles. The Hall–Kier alpha value is -1.87. The Bertz CT molecular complexity index is 515. The van der Waals surface area contributed by atoms with Crippen LogP contribution in [0.3, 0.4) is 0 Å². The van der Waals surface area contributed by atoms with Gasteiger partial charge in [0.1, 0.15) is 0 Å². The topological polar surface area (TPSA) is 69.1 Å². The number of fused-ring (bicyclic) bond motifs is 1. The van der Waals surface area contributed by atoms with Crippen LogP contribution in [-0.4, -0.2) is 5.91 Å². The van der Waals surface area contributed by atoms with Gasteiger partial charge >= 0.3 is 0 Å². The molecule has 0 radical (unpaired) electrons. The number of nitrogens with two attached hydrogens (primary N) is 2. The summed E-state index contributed by atoms with van der Waals surface area (Å²) in [6.07, 6.45) is 0. The van der Waals surface area contributed by atoms with Crippen molar-refractivity contribution in [1.82, 2.24) is 0 Å². The van der Waals surface area contributed by atoms with E-state index in [1.807, 2.05) is 30.3 Å². The molecule has 3 heteroatoms. The summed E-state index contributed by atoms with van der Waals surface area (Å²) in [4.78, 5) is 11.3. The summed E-state index contributed by atoms with van der Waals surface area (Å²) in [7, 11) is 0. The van der Waals surface area contributed by atoms with Crippen molar-refractivity contribution in [2.24, 2.45) is 11.5 Å². The van der Waals surface area contributed by atoms with Crippen LogP contribution in [0.2, 0.25) is 0 Å². The molecule has 0 unspecified atom stereocenters. The average molecular weight is 200 g/mol. The third-order valence-electron chi connectivity index (χ3n) is 2.48. The van der Waals surface area contributed by atoms with E-state index in [1.54, 1.807) is 6.07 Å². The van der Waals surface area contributed by atoms with E-state index in [9.17, 15) is 4.79 Å². The summed E-state index contributed by atoms with van der Waals surface area (Å²) in [5.74, 6) is -0.415. The number of hydrogen-bond acceptors (Lipinski definition) is 2. The first-order valence-corrected chi connectivity index (χ1v) is 4.74. The van der Waals surface area contributed by atoms with Gasteiger partial charge in [0.25, 0.3) is 0 Å². The number of hydrogen-bond donors (Lipinski definition) is 2. The first-order valence-electron chi connectivity index (χ1n) is 4.74. The maximum Gasteiger partial charge on any atom is 0.249 e. The largest absolute Gasteiger partial charge is 0.366 e. The smallest absolute Gasteiger partial charge is 0.249 e. The van der Waals surface area contributed by atoms with Crippen LogP contribution in [-0.2, 0) is 6.54 Å². The number of rotatable bonds is 2. The van der Waals surface area contributed by atoms with Crippen LogP contribution < -0.4 is 11.5 Å². The average Bonchev–Trinajstić information content (AvgIpc) is 2.27. The molecule has 0 aliphatic heterocycles. The highest BCUT2D eigenvalue weighted by Crippen LogP contribution is 2.22. The predicted octanol–water partition coefficient (Wildman–Crippen LogP) is 1.40. The molecule has 2 aromatic rings. The summed E-state index contributed by atoms with van der Waals surface area (Å²) in [6.45, 7) is 0.404. The zero-order valence-corrected chi connectivity index (χ0v) is 8.23. The van der Waals surface area contributed by atoms with Crippen molar-refractivity contribution in [2.75, 3.05) is 0 Å². The highest BCUT2D eigenvalue weighted by Gasteiger charge is 2.08. The molecule has 0 heterocycles. The molecule has 1 amide bonds. The van der Waals surface area contributed by atoms with Gasteiger partial charge in [-0.15, -0.1) is 0 Å². The molecule has 0 spiro atoms. The summed E-state index contributed by atoms with van der Waals surface area (Å²) in [6, 6.07) is 11.3. The highest BCUT2D eigenvalue weighted by atomic mass is 16.1. The zero-order chi connectivity index (χ0) is 10.8. The van der Waals surface area contributed by atoms with Crippen molar-refractivity contribution in [3.05, 3.63) is 47.5 Å². The van der Waals surface area contributed by atoms with Crippen LogP contribution >= 0.6 is 0 Å². The molecule has 2 rings (SSSR count). The number of carbonyl (C=O) groups is 1. The summed E-state index contributed by atoms with van der Waals surface area (Å²) >= 11 is 0. The molecule has 0 aliphatic rings. The van der Waals surface area contributed by atoms with Gasteiger partial charge in [-0.3, -0.25) is 4.79 Å². The number of carbonyl (C=O) groups excluding carboxylic acids is 1. The molecule has 4 N–H and O–H groups in total. The lowest BCUT2D eigenvalue weighted by molar-refractivity contribution is 0.100. The van der Waals surface area contributed by atoms with Crippen molar-refractivity contribution >= 4 is 16.7 Å². The van der Waals surface area contributed by atoms with Gasteiger partial charge in [0.2, 0.25) is 5.91 Å². The van der Waals surface area contributed by atoms with Gasteiger partial charge < -0.3 is 11.5 Å². The Morgan fingerprint density at radius 2 is 1.80 bits per heavy atom. The maximum absolute atomic E-state index is 11.3. The van der Waals surface area contributed by atoms with E-state index in [0.29, 0.717) is 12.1 Å². The fraction of sp³-hybridized carbons (Fsp3) is 0.0833. The fourth-order valence-electron chi connectivity index (χ4n) is 1.79. The van der Waals surface area contributed by atoms with Crippen molar-refractivity contribution in [3.8, 4) is 0 Å². The Kier molecular flexibility index (Phi) is 2.39. The van der Waals surface area contributed by atoms with Crippen LogP contribution in [0.15, 0.2) is 36.4 Å². The molecule has 0 fully saturated rings. The number of primary amides is 1. The molecule has 0 aromatic heterocycles. The van der Waals surface area contributed by atoms with Crippen LogP contribution in [0, 0.1) is 0 Å². The van der Waals surface area contributed by atoms with E-state index in [1.165, 1.54) is 0 Å². The highest BCUT2D eigenvalue weighted by molar-refractivity contribution is 6.07. The lowest BCUT2D eigenvalue weighted by Crippen LogP contribution is -2.12. The predicted molar refractivity (Wildman–Crippen MR) is 60.4 cm³/mol. The molecule has 76 valence electrons. The molecular weight excluding hydrogens is 188 g/mol. The summed E-state index contributed by atoms with van der Waals surface area (Å²) in [5.41, 5.74) is 12.4. The minimum absolute atomic E-state index is 0.404. The lowest BCUT2D eigenvalue weighted by Gasteiger charge is -2.07. The zero-order valence-electron chi connectivity index (χ0n) is 8.23. The molecule has 0 bridgehead atoms. The number of amides is 1. The molecule has 0 saturated carbocycles. The molecule has 15 heavy (non-hydrogen) atoms. The van der Waals surface area contributed by atoms with Gasteiger partial charge in [-0.2, -0.15) is 0 Å². The first kappa shape index (κ1) is 9.68. The van der Waals surface area contributed by atoms with Crippen LogP contribution in [0.4, 0.5) is 0 Å². The number of benzene rings is 2. The van der Waals surface area contributed by atoms with Crippen molar-refractivity contribution < 1.29 is 4.79 Å². The molecule has 0 atom stereocenters. The van der Waals surface area contributed by atoms with Gasteiger partial charge in [-0.05, 0) is 22.4 Å². The van der Waals surface area contributed by atoms with E-state index >= 15 is 0 Å². The van der Waals surface area contributed by atoms with Crippen molar-refractivity contribution in [2.45, 2.75) is 6.54 Å². The van der Waals surface area contributed by atoms with E-state index in [-0.39, 0.29) is 0 Å². The third-order valence-corrected chi connectivity index (χ3v) is 2.48. The quantitative estimate of drug-likeness (QED) is 0.769. The fourth-order valence-corrected chi connectivity index (χ4v) is 1.79. The lowest BCUT2D eigenvalue weighted by atomic mass is 9.99. The van der Waals surface area contributed by atoms with Crippen molar-refractivity contribution in [1.29, 1.82) is 0 Å². The normalized spacial score (nSPS) is 10.5. The Balaban J connectivity index is 2.87. The van der Waals surface area contributed by atoms with Gasteiger partial charge in [0.15, 0.2) is 0 Å². The molecular formula is C12H12N2O. The van der Waals surface area contributed by atoms with Gasteiger partial charge in [0, 0.05) is 12.1 Å². The van der Waals surface area contributed by atoms with Crippen LogP contribution in [0.25, 0.3) is 10.8 Å². The van der Waals surface area contributed by atoms with E-state index < -0.39 is 5.91 Å². The van der Waals surface area contributed by atoms with E-state index in [4.69, 9.17) is 11.5 Å². The maximum atomic E-state index is 11.3. The minimum Gasteiger partial charge on any atom is -0.366 e. The second-order valence-corrected chi connectivity index (χ2v) is 3.39. The minimum atomic E-state index is -0.415. The van der Waals surface area contributed by atoms with Crippen LogP contribution in [0.1, 0.15) is 15.9 Å². The Morgan fingerprint density at radius 1 is 1.13 bits per heavy atom. The van der Waals surface area contributed by atoms with Crippen LogP contribution in [0.5, 0.6) is 0 Å². The van der Waals surface area contributed by atoms with E-state index in [2.05, 4.69) is 0 Å². The standard InChI is InChI=1S/C12H12N2O/c13-7-9-5-1-3-8-4-2-6-10(11(8)9)12(14)15/h1-6H,7,13H2,(H2,14,15). The second kappa shape index (κ2) is 3.71. The molecule has 0 aliphatic carbocycles. The van der Waals surface area contributed by atoms with Gasteiger partial charge in [-0.1, -0.05) is 30.3 Å². The molecule has 3 nitrogen and oxygen atoms in total. The third kappa shape index (κ3) is 1.57. The summed E-state index contributed by atoms with van der Waals surface area (Å²) < 4.78 is 0. The van der Waals surface area contributed by atoms with Gasteiger partial charge in [0.05, 0.1) is 0 Å². The Morgan fingerprint density at radius 3 is 2.40 bits per heavy atom. The van der Waals surface area contributed by atoms with Gasteiger partial charge in [-0.25, -0.2) is 0 Å². The molecule has 0 saturated heterocycles. The van der Waals surface area contributed by atoms with E-state index in [0.717, 1.165) is 16.3 Å². The monoisotopic (exact) mass is 200 g/mol. The summed E-state index contributed by atoms with van der Waals surface area (Å²) in [5, 5.41) is 1.87.